The fourth-order valence-corrected chi connectivity index (χ4v) is 6.59. The van der Waals surface area contributed by atoms with E-state index in [0.717, 1.165) is 10.9 Å². The quantitative estimate of drug-likeness (QED) is 0.165. The van der Waals surface area contributed by atoms with E-state index in [4.69, 9.17) is 12.6 Å². The van der Waals surface area contributed by atoms with Crippen molar-refractivity contribution in [3.8, 4) is 0 Å². The van der Waals surface area contributed by atoms with Crippen molar-refractivity contribution in [2.24, 2.45) is 17.8 Å². The van der Waals surface area contributed by atoms with Gasteiger partial charge in [0.2, 0.25) is 0 Å². The zero-order valence-electron chi connectivity index (χ0n) is 17.1. The number of aliphatic hydroxyl groups excluding tert-OH is 2. The molecular weight excluding hydrogens is 483 g/mol. The number of carbonyl (C=O) groups is 1. The molecule has 30 heavy (non-hydrogen) atoms. The molecule has 5 atom stereocenters. The predicted molar refractivity (Wildman–Crippen MR) is 131 cm³/mol. The first-order valence-electron chi connectivity index (χ1n) is 10.2. The standard InChI is InChI=1S/C22H29BBrO4S2/c1-14-19(24)11-22(30-14)29-13-16(25)8-9-17-15(12-23)10-20(26)18(17)6-4-2-3-5-7-21(27)28/h2,4,8-9,11-12,15-18,20,25-26H,3,5-7,10,13H2,1H3,(H,27,28)/b4-2-,9-8+/t15-,16+,17-,18+,20?/m0/s1. The van der Waals surface area contributed by atoms with Crippen molar-refractivity contribution < 1.29 is 20.1 Å². The van der Waals surface area contributed by atoms with Crippen LogP contribution in [0.4, 0.5) is 0 Å². The van der Waals surface area contributed by atoms with Gasteiger partial charge in [-0.1, -0.05) is 0 Å². The van der Waals surface area contributed by atoms with Crippen molar-refractivity contribution in [2.75, 3.05) is 5.75 Å². The van der Waals surface area contributed by atoms with Crippen LogP contribution in [0.2, 0.25) is 0 Å². The van der Waals surface area contributed by atoms with Gasteiger partial charge in [0.05, 0.1) is 0 Å². The van der Waals surface area contributed by atoms with Gasteiger partial charge in [-0.15, -0.1) is 0 Å². The normalized spacial score (nSPS) is 25.3. The Morgan fingerprint density at radius 3 is 2.87 bits per heavy atom. The van der Waals surface area contributed by atoms with Crippen molar-refractivity contribution in [1.82, 2.24) is 0 Å². The SMILES string of the molecule is [B]=C[C@@H]1CC(O)[C@H](C/C=C\CCCC(=O)O)[C@H]1/C=C/[C@@H](O)CSc1cc(Br)c(C)s1. The molecule has 0 aliphatic heterocycles. The number of thiophene rings is 1. The van der Waals surface area contributed by atoms with Gasteiger partial charge in [-0.25, -0.2) is 0 Å². The van der Waals surface area contributed by atoms with E-state index >= 15 is 0 Å². The molecule has 0 bridgehead atoms. The van der Waals surface area contributed by atoms with Gasteiger partial charge in [-0.2, -0.15) is 0 Å². The molecule has 8 heteroatoms. The number of aliphatic hydroxyl groups is 2. The van der Waals surface area contributed by atoms with Crippen LogP contribution in [0.15, 0.2) is 39.1 Å². The van der Waals surface area contributed by atoms with Crippen molar-refractivity contribution in [3.63, 3.8) is 0 Å². The molecule has 1 heterocycles. The molecule has 3 N–H and O–H groups in total. The first-order chi connectivity index (χ1) is 14.3. The molecule has 2 rings (SSSR count). The van der Waals surface area contributed by atoms with Crippen LogP contribution < -0.4 is 0 Å². The summed E-state index contributed by atoms with van der Waals surface area (Å²) in [5, 5.41) is 29.6. The number of hydrogen-bond donors (Lipinski definition) is 3. The second-order valence-corrected chi connectivity index (χ2v) is 11.1. The predicted octanol–water partition coefficient (Wildman–Crippen LogP) is 4.61. The summed E-state index contributed by atoms with van der Waals surface area (Å²) in [7, 11) is 5.82. The molecule has 1 aromatic heterocycles. The Hall–Kier alpha value is -0.665. The number of halogens is 1. The molecule has 1 radical (unpaired) electrons. The van der Waals surface area contributed by atoms with Gasteiger partial charge < -0.3 is 0 Å². The van der Waals surface area contributed by atoms with Crippen molar-refractivity contribution in [3.05, 3.63) is 39.7 Å². The molecule has 0 saturated heterocycles. The molecule has 1 aliphatic rings. The Kier molecular flexibility index (Phi) is 11.1. The number of aliphatic carboxylic acids is 1. The zero-order chi connectivity index (χ0) is 22.1. The van der Waals surface area contributed by atoms with E-state index in [0.29, 0.717) is 25.0 Å². The van der Waals surface area contributed by atoms with Gasteiger partial charge in [-0.05, 0) is 0 Å². The maximum atomic E-state index is 10.6. The van der Waals surface area contributed by atoms with Gasteiger partial charge in [0.25, 0.3) is 0 Å². The first-order valence-corrected chi connectivity index (χ1v) is 12.8. The Labute approximate surface area is 196 Å². The molecular formula is C22H29BBrO4S2. The minimum atomic E-state index is -0.778. The number of hydrogen-bond acceptors (Lipinski definition) is 5. The van der Waals surface area contributed by atoms with E-state index in [-0.39, 0.29) is 24.2 Å². The van der Waals surface area contributed by atoms with Crippen LogP contribution in [0.5, 0.6) is 0 Å². The fraction of sp³-hybridized carbons (Fsp3) is 0.545. The summed E-state index contributed by atoms with van der Waals surface area (Å²) in [4.78, 5) is 11.8. The van der Waals surface area contributed by atoms with Crippen molar-refractivity contribution in [2.45, 2.75) is 55.4 Å². The molecule has 1 aliphatic carbocycles. The summed E-state index contributed by atoms with van der Waals surface area (Å²) < 4.78 is 2.27. The van der Waals surface area contributed by atoms with E-state index in [1.807, 2.05) is 24.3 Å². The van der Waals surface area contributed by atoms with Crippen LogP contribution in [-0.2, 0) is 4.79 Å². The Morgan fingerprint density at radius 2 is 2.23 bits per heavy atom. The summed E-state index contributed by atoms with van der Waals surface area (Å²) in [6.07, 6.45) is 9.68. The van der Waals surface area contributed by atoms with Crippen LogP contribution in [0.3, 0.4) is 0 Å². The third-order valence-electron chi connectivity index (χ3n) is 5.37. The molecule has 0 amide bonds. The van der Waals surface area contributed by atoms with Crippen molar-refractivity contribution >= 4 is 58.5 Å². The maximum absolute atomic E-state index is 10.6. The summed E-state index contributed by atoms with van der Waals surface area (Å²) in [5.41, 5.74) is 0. The number of thioether (sulfide) groups is 1. The summed E-state index contributed by atoms with van der Waals surface area (Å²) in [6.45, 7) is 2.06. The Balaban J connectivity index is 1.89. The van der Waals surface area contributed by atoms with Gasteiger partial charge in [-0.3, -0.25) is 0 Å². The third kappa shape index (κ3) is 8.11. The minimum absolute atomic E-state index is 0.0394. The summed E-state index contributed by atoms with van der Waals surface area (Å²) in [5.74, 6) is 1.65. The molecule has 0 aromatic carbocycles. The van der Waals surface area contributed by atoms with E-state index in [9.17, 15) is 15.0 Å². The first kappa shape index (κ1) is 25.6. The number of unbranched alkanes of at least 4 members (excludes halogenated alkanes) is 1. The molecule has 163 valence electrons. The van der Waals surface area contributed by atoms with Gasteiger partial charge in [0, 0.05) is 0 Å². The van der Waals surface area contributed by atoms with Crippen LogP contribution in [-0.4, -0.2) is 52.7 Å². The summed E-state index contributed by atoms with van der Waals surface area (Å²) >= 11 is 6.85. The zero-order valence-corrected chi connectivity index (χ0v) is 20.3. The monoisotopic (exact) mass is 511 g/mol. The molecule has 0 spiro atoms. The molecule has 1 aromatic rings. The van der Waals surface area contributed by atoms with Crippen LogP contribution in [0, 0.1) is 24.7 Å². The molecule has 1 saturated carbocycles. The van der Waals surface area contributed by atoms with Crippen LogP contribution >= 0.6 is 39.0 Å². The fourth-order valence-electron chi connectivity index (χ4n) is 3.72. The third-order valence-corrected chi connectivity index (χ3v) is 8.81. The summed E-state index contributed by atoms with van der Waals surface area (Å²) in [6, 6.07) is 2.08. The number of carboxylic acid groups (broad SMARTS) is 1. The van der Waals surface area contributed by atoms with E-state index in [1.165, 1.54) is 9.09 Å². The average Bonchev–Trinajstić information content (AvgIpc) is 3.19. The molecule has 4 nitrogen and oxygen atoms in total. The van der Waals surface area contributed by atoms with Crippen LogP contribution in [0.1, 0.15) is 37.0 Å². The van der Waals surface area contributed by atoms with Gasteiger partial charge >= 0.3 is 197 Å². The number of carboxylic acids is 1. The van der Waals surface area contributed by atoms with Crippen molar-refractivity contribution in [1.29, 1.82) is 0 Å². The second kappa shape index (κ2) is 13.0. The topological polar surface area (TPSA) is 77.8 Å². The Morgan fingerprint density at radius 1 is 1.47 bits per heavy atom. The number of rotatable bonds is 12. The number of aryl methyl sites for hydroxylation is 1. The second-order valence-electron chi connectivity index (χ2n) is 7.63. The van der Waals surface area contributed by atoms with E-state index in [2.05, 4.69) is 28.9 Å². The molecule has 1 unspecified atom stereocenters. The van der Waals surface area contributed by atoms with Gasteiger partial charge in [0.1, 0.15) is 0 Å². The van der Waals surface area contributed by atoms with Gasteiger partial charge in [0.15, 0.2) is 0 Å². The molecule has 1 fully saturated rings. The number of allylic oxidation sites excluding steroid dienone is 3. The average molecular weight is 512 g/mol. The van der Waals surface area contributed by atoms with E-state index < -0.39 is 18.2 Å². The van der Waals surface area contributed by atoms with E-state index in [1.54, 1.807) is 29.1 Å². The van der Waals surface area contributed by atoms with Crippen LogP contribution in [0.25, 0.3) is 0 Å². The Bertz CT molecular complexity index is 745.